The van der Waals surface area contributed by atoms with Crippen molar-refractivity contribution in [2.45, 2.75) is 44.1 Å². The van der Waals surface area contributed by atoms with Crippen LogP contribution in [-0.4, -0.2) is 137 Å². The number of phenols is 3. The molecule has 14 N–H and O–H groups in total. The Morgan fingerprint density at radius 2 is 0.653 bits per heavy atom. The van der Waals surface area contributed by atoms with Gasteiger partial charge in [0, 0.05) is 39.1 Å². The van der Waals surface area contributed by atoms with Crippen molar-refractivity contribution in [1.82, 2.24) is 0 Å². The van der Waals surface area contributed by atoms with Crippen LogP contribution < -0.4 is 5.73 Å². The highest BCUT2D eigenvalue weighted by Gasteiger charge is 2.34. The second kappa shape index (κ2) is 25.9. The van der Waals surface area contributed by atoms with E-state index in [0.717, 1.165) is 36.4 Å². The van der Waals surface area contributed by atoms with Gasteiger partial charge in [0.25, 0.3) is 96.8 Å². The third kappa shape index (κ3) is 15.5. The molecule has 530 valence electrons. The van der Waals surface area contributed by atoms with E-state index in [2.05, 4.69) is 51.1 Å². The fraction of sp³-hybridized carbons (Fsp3) is 0. The summed E-state index contributed by atoms with van der Waals surface area (Å²) >= 11 is 0. The number of fused-ring (bicyclic) bond motifs is 3. The number of nitrogens with zero attached hydrogens (tertiary/aromatic N) is 11. The Labute approximate surface area is 562 Å². The normalized spacial score (nSPS) is 13.6. The highest BCUT2D eigenvalue weighted by atomic mass is 32.3. The first kappa shape index (κ1) is 74.8. The van der Waals surface area contributed by atoms with E-state index in [-0.39, 0.29) is 41.7 Å². The van der Waals surface area contributed by atoms with E-state index in [4.69, 9.17) is 5.73 Å². The Kier molecular flexibility index (Phi) is 19.2. The van der Waals surface area contributed by atoms with Crippen molar-refractivity contribution in [2.75, 3.05) is 5.73 Å². The Balaban J connectivity index is 1.16. The van der Waals surface area contributed by atoms with Gasteiger partial charge in [-0.2, -0.15) is 86.0 Å². The number of azo groups is 5. The van der Waals surface area contributed by atoms with Crippen LogP contribution in [0.4, 0.5) is 68.2 Å². The van der Waals surface area contributed by atoms with Crippen molar-refractivity contribution in [3.8, 4) is 17.2 Å². The number of hydrogen-bond donors (Lipinski definition) is 13. The van der Waals surface area contributed by atoms with Crippen LogP contribution in [0.5, 0.6) is 17.2 Å². The number of hydrogen-bond acceptors (Lipinski definition) is 34. The van der Waals surface area contributed by atoms with Gasteiger partial charge in [0.2, 0.25) is 0 Å². The second-order valence-corrected chi connectivity index (χ2v) is 32.3. The topological polar surface area (TPSA) is 743 Å². The lowest BCUT2D eigenvalue weighted by atomic mass is 10.0. The highest BCUT2D eigenvalue weighted by Crippen LogP contribution is 2.52. The Morgan fingerprint density at radius 1 is 0.307 bits per heavy atom. The summed E-state index contributed by atoms with van der Waals surface area (Å²) in [6.07, 6.45) is 0. The fourth-order valence-electron chi connectivity index (χ4n) is 9.13. The molecule has 0 fully saturated rings. The van der Waals surface area contributed by atoms with Gasteiger partial charge in [-0.05, 0) is 97.1 Å². The van der Waals surface area contributed by atoms with Gasteiger partial charge in [-0.15, -0.1) is 40.9 Å². The zero-order valence-corrected chi connectivity index (χ0v) is 55.4. The molecule has 9 rings (SSSR count). The quantitative estimate of drug-likeness (QED) is 0.0111. The van der Waals surface area contributed by atoms with Crippen molar-refractivity contribution < 1.29 is 137 Å². The molecule has 0 unspecified atom stereocenters. The lowest BCUT2D eigenvalue weighted by Gasteiger charge is -2.15. The first-order valence-electron chi connectivity index (χ1n) is 25.4. The monoisotopic (exact) mass is 1580 g/mol. The number of benzene rings is 9. The molecular weight excluding hydrogens is 1550 g/mol. The van der Waals surface area contributed by atoms with E-state index >= 15 is 0 Å². The maximum absolute atomic E-state index is 13.2. The Morgan fingerprint density at radius 3 is 1.06 bits per heavy atom. The minimum absolute atomic E-state index is 0.0531. The number of nitro benzene ring substituents is 1. The molecule has 0 saturated heterocycles. The van der Waals surface area contributed by atoms with Crippen molar-refractivity contribution in [2.24, 2.45) is 51.1 Å². The molecule has 0 saturated carbocycles. The number of rotatable bonds is 20. The van der Waals surface area contributed by atoms with Crippen LogP contribution >= 0.6 is 0 Å². The molecule has 0 aliphatic heterocycles. The molecule has 0 bridgehead atoms. The largest absolute Gasteiger partial charge is 0.505 e. The van der Waals surface area contributed by atoms with Crippen LogP contribution in [0.3, 0.4) is 0 Å². The van der Waals surface area contributed by atoms with Gasteiger partial charge in [-0.1, -0.05) is 0 Å². The standard InChI is InChI=1S/C48H32N12O32S9/c49-40-32(18-33(94(69,70)71)27-17-38(99(84,85)86)43(46(63)39(27)40)59-53-29-10-4-21(60(64)65)14-35(29)96(75,76)77)56-54-30-11-7-23-25(47(30)100(87,88)89)15-37(98(81,82)83)42(45(23)62)58-55-31-12-8-24-26(48(31)101(90,91)92)16-36(97(78,79)80)41(44(24)61)57-52-28-9-3-20(13-34(28)95(72,73)74)51-50-19-1-5-22(6-2-19)93(66,67)68/h1-18,61-63H,49H2,(H,66,67,68)(H,69,70,71)(H,72,73,74)(H,75,76,77)(H,78,79,80)(H,81,82,83)(H,84,85,86)(H,87,88,89)(H,90,91,92)/b51-50-,56-54?,57-52-,58-55?,59-53-. The summed E-state index contributed by atoms with van der Waals surface area (Å²) in [5.74, 6) is -4.63. The SMILES string of the molecule is Nc1c(N=Nc2ccc3c(O)c(N=Nc4ccc5c(O)c(/N=N\c6ccc(/N=N\c7ccc(S(=O)(=O)O)cc7)cc6S(=O)(=O)O)c(S(=O)(=O)O)cc5c4S(=O)(=O)O)c(S(=O)(=O)O)cc3c2S(=O)(=O)O)cc(S(=O)(=O)O)c2cc(S(=O)(=O)O)c(/N=N\c3ccc([N+](=O)[O-])cc3S(=O)(=O)O)c(O)c12. The highest BCUT2D eigenvalue weighted by molar-refractivity contribution is 7.88. The first-order valence-corrected chi connectivity index (χ1v) is 38.4. The third-order valence-corrected chi connectivity index (χ3v) is 21.4. The molecule has 9 aromatic rings. The van der Waals surface area contributed by atoms with Crippen LogP contribution in [0.15, 0.2) is 204 Å². The lowest BCUT2D eigenvalue weighted by molar-refractivity contribution is -0.385. The number of non-ortho nitro benzene ring substituents is 1. The molecule has 0 atom stereocenters. The summed E-state index contributed by atoms with van der Waals surface area (Å²) in [7, 11) is -50.4. The van der Waals surface area contributed by atoms with Crippen LogP contribution in [0.1, 0.15) is 0 Å². The lowest BCUT2D eigenvalue weighted by Crippen LogP contribution is -2.04. The van der Waals surface area contributed by atoms with Crippen molar-refractivity contribution >= 4 is 192 Å². The number of anilines is 1. The number of phenolic OH excluding ortho intramolecular Hbond substituents is 3. The van der Waals surface area contributed by atoms with Gasteiger partial charge in [0.1, 0.15) is 84.7 Å². The molecule has 0 amide bonds. The number of aromatic hydroxyl groups is 3. The Hall–Kier alpha value is -10.5. The predicted molar refractivity (Wildman–Crippen MR) is 336 cm³/mol. The molecule has 0 aromatic heterocycles. The summed E-state index contributed by atoms with van der Waals surface area (Å²) in [5.41, 5.74) is -5.77. The molecule has 44 nitrogen and oxygen atoms in total. The van der Waals surface area contributed by atoms with Gasteiger partial charge in [-0.3, -0.25) is 51.1 Å². The van der Waals surface area contributed by atoms with Gasteiger partial charge in [0.05, 0.1) is 32.3 Å². The molecule has 9 aromatic carbocycles. The summed E-state index contributed by atoms with van der Waals surface area (Å²) < 4.78 is 319. The maximum Gasteiger partial charge on any atom is 0.297 e. The average molecular weight is 1580 g/mol. The van der Waals surface area contributed by atoms with E-state index in [9.17, 15) is 142 Å². The van der Waals surface area contributed by atoms with Crippen LogP contribution in [-0.2, 0) is 91.1 Å². The van der Waals surface area contributed by atoms with Crippen LogP contribution in [0, 0.1) is 10.1 Å². The smallest absolute Gasteiger partial charge is 0.297 e. The minimum atomic E-state index is -5.93. The van der Waals surface area contributed by atoms with Crippen LogP contribution in [0.2, 0.25) is 0 Å². The molecule has 101 heavy (non-hydrogen) atoms. The molecular formula is C48H32N12O32S9. The molecule has 53 heteroatoms. The summed E-state index contributed by atoms with van der Waals surface area (Å²) in [6.45, 7) is 0. The maximum atomic E-state index is 13.2. The second-order valence-electron chi connectivity index (χ2n) is 19.8. The summed E-state index contributed by atoms with van der Waals surface area (Å²) in [4.78, 5) is -2.30. The molecule has 0 heterocycles. The molecule has 0 aliphatic carbocycles. The molecule has 0 spiro atoms. The number of nitro groups is 1. The fourth-order valence-corrected chi connectivity index (χ4v) is 15.2. The number of nitrogen functional groups attached to an aromatic ring is 1. The van der Waals surface area contributed by atoms with Gasteiger partial charge in [-0.25, -0.2) is 0 Å². The van der Waals surface area contributed by atoms with Crippen molar-refractivity contribution in [1.29, 1.82) is 0 Å². The van der Waals surface area contributed by atoms with Crippen LogP contribution in [0.25, 0.3) is 32.3 Å². The summed E-state index contributed by atoms with van der Waals surface area (Å²) in [5, 5.41) is 75.1. The zero-order valence-electron chi connectivity index (χ0n) is 48.1. The third-order valence-electron chi connectivity index (χ3n) is 13.4. The predicted octanol–water partition coefficient (Wildman–Crippen LogP) is 9.05. The van der Waals surface area contributed by atoms with Gasteiger partial charge >= 0.3 is 0 Å². The van der Waals surface area contributed by atoms with Crippen molar-refractivity contribution in [3.63, 3.8) is 0 Å². The van der Waals surface area contributed by atoms with E-state index in [1.807, 2.05) is 0 Å². The number of nitrogens with two attached hydrogens (primary N) is 1. The van der Waals surface area contributed by atoms with E-state index < -0.39 is 246 Å². The van der Waals surface area contributed by atoms with E-state index in [1.54, 1.807) is 0 Å². The molecule has 0 aliphatic rings. The Bertz CT molecular complexity index is 6480. The first-order chi connectivity index (χ1) is 46.3. The van der Waals surface area contributed by atoms with E-state index in [1.165, 1.54) is 0 Å². The van der Waals surface area contributed by atoms with E-state index in [0.29, 0.717) is 42.5 Å². The van der Waals surface area contributed by atoms with Crippen molar-refractivity contribution in [3.05, 3.63) is 119 Å². The molecule has 0 radical (unpaired) electrons. The zero-order chi connectivity index (χ0) is 75.2. The average Bonchev–Trinajstić information content (AvgIpc) is 0.746. The minimum Gasteiger partial charge on any atom is -0.505 e. The van der Waals surface area contributed by atoms with Gasteiger partial charge in [0.15, 0.2) is 17.2 Å². The van der Waals surface area contributed by atoms with Gasteiger partial charge < -0.3 is 21.1 Å². The summed E-state index contributed by atoms with van der Waals surface area (Å²) in [6, 6.07) is 11.0.